The van der Waals surface area contributed by atoms with E-state index in [9.17, 15) is 18.0 Å². The number of rotatable bonds is 5. The Labute approximate surface area is 121 Å². The zero-order valence-electron chi connectivity index (χ0n) is 12.2. The Bertz CT molecular complexity index is 458. The van der Waals surface area contributed by atoms with E-state index < -0.39 is 18.8 Å². The Morgan fingerprint density at radius 2 is 1.86 bits per heavy atom. The maximum absolute atomic E-state index is 12.5. The van der Waals surface area contributed by atoms with Crippen LogP contribution in [0, 0.1) is 5.92 Å². The first-order valence-corrected chi connectivity index (χ1v) is 6.48. The highest BCUT2D eigenvalue weighted by Gasteiger charge is 2.33. The van der Waals surface area contributed by atoms with Gasteiger partial charge in [0.05, 0.1) is 7.11 Å². The first-order chi connectivity index (χ1) is 9.71. The first-order valence-electron chi connectivity index (χ1n) is 6.48. The predicted octanol–water partition coefficient (Wildman–Crippen LogP) is 3.75. The number of anilines is 1. The SMILES string of the molecule is COc1ccc(NC(=O)N(CC(C)C)CC(F)(F)F)cc1. The van der Waals surface area contributed by atoms with Crippen molar-refractivity contribution in [3.8, 4) is 5.75 Å². The third kappa shape index (κ3) is 6.37. The van der Waals surface area contributed by atoms with Crippen molar-refractivity contribution in [3.63, 3.8) is 0 Å². The zero-order valence-corrected chi connectivity index (χ0v) is 12.2. The monoisotopic (exact) mass is 304 g/mol. The Morgan fingerprint density at radius 1 is 1.29 bits per heavy atom. The van der Waals surface area contributed by atoms with E-state index in [-0.39, 0.29) is 12.5 Å². The normalized spacial score (nSPS) is 11.4. The lowest BCUT2D eigenvalue weighted by Gasteiger charge is -2.25. The minimum absolute atomic E-state index is 0.0293. The van der Waals surface area contributed by atoms with E-state index in [1.54, 1.807) is 38.1 Å². The summed E-state index contributed by atoms with van der Waals surface area (Å²) < 4.78 is 42.5. The number of benzene rings is 1. The summed E-state index contributed by atoms with van der Waals surface area (Å²) >= 11 is 0. The fourth-order valence-electron chi connectivity index (χ4n) is 1.75. The highest BCUT2D eigenvalue weighted by Crippen LogP contribution is 2.19. The molecule has 0 fully saturated rings. The summed E-state index contributed by atoms with van der Waals surface area (Å²) in [6.07, 6.45) is -4.42. The summed E-state index contributed by atoms with van der Waals surface area (Å²) in [6, 6.07) is 5.60. The van der Waals surface area contributed by atoms with Gasteiger partial charge in [-0.1, -0.05) is 13.8 Å². The number of halogens is 3. The molecule has 118 valence electrons. The maximum Gasteiger partial charge on any atom is 0.406 e. The van der Waals surface area contributed by atoms with Crippen LogP contribution in [0.3, 0.4) is 0 Å². The van der Waals surface area contributed by atoms with Crippen LogP contribution in [0.4, 0.5) is 23.7 Å². The molecule has 0 atom stereocenters. The van der Waals surface area contributed by atoms with E-state index in [2.05, 4.69) is 5.32 Å². The van der Waals surface area contributed by atoms with Crippen molar-refractivity contribution < 1.29 is 22.7 Å². The number of ether oxygens (including phenoxy) is 1. The van der Waals surface area contributed by atoms with E-state index >= 15 is 0 Å². The number of amides is 2. The number of urea groups is 1. The smallest absolute Gasteiger partial charge is 0.406 e. The van der Waals surface area contributed by atoms with Gasteiger partial charge in [0, 0.05) is 12.2 Å². The number of alkyl halides is 3. The lowest BCUT2D eigenvalue weighted by molar-refractivity contribution is -0.140. The molecule has 0 bridgehead atoms. The van der Waals surface area contributed by atoms with Crippen LogP contribution >= 0.6 is 0 Å². The molecule has 2 amide bonds. The molecule has 0 spiro atoms. The van der Waals surface area contributed by atoms with E-state index in [1.165, 1.54) is 7.11 Å². The minimum Gasteiger partial charge on any atom is -0.497 e. The molecule has 0 saturated carbocycles. The molecule has 0 aliphatic heterocycles. The molecule has 1 rings (SSSR count). The molecular weight excluding hydrogens is 285 g/mol. The van der Waals surface area contributed by atoms with Gasteiger partial charge >= 0.3 is 12.2 Å². The van der Waals surface area contributed by atoms with Crippen molar-refractivity contribution in [3.05, 3.63) is 24.3 Å². The number of hydrogen-bond donors (Lipinski definition) is 1. The second-order valence-corrected chi connectivity index (χ2v) is 5.05. The highest BCUT2D eigenvalue weighted by atomic mass is 19.4. The minimum atomic E-state index is -4.42. The van der Waals surface area contributed by atoms with Gasteiger partial charge < -0.3 is 15.0 Å². The maximum atomic E-state index is 12.5. The lowest BCUT2D eigenvalue weighted by atomic mass is 10.2. The van der Waals surface area contributed by atoms with Crippen molar-refractivity contribution in [2.24, 2.45) is 5.92 Å². The van der Waals surface area contributed by atoms with Crippen LogP contribution < -0.4 is 10.1 Å². The summed E-state index contributed by atoms with van der Waals surface area (Å²) in [5.41, 5.74) is 0.414. The first kappa shape index (κ1) is 17.1. The van der Waals surface area contributed by atoms with Crippen molar-refractivity contribution in [2.45, 2.75) is 20.0 Å². The van der Waals surface area contributed by atoms with E-state index in [4.69, 9.17) is 4.74 Å². The number of nitrogens with zero attached hydrogens (tertiary/aromatic N) is 1. The molecule has 0 radical (unpaired) electrons. The second-order valence-electron chi connectivity index (χ2n) is 5.05. The van der Waals surface area contributed by atoms with Crippen LogP contribution in [-0.4, -0.2) is 37.3 Å². The number of methoxy groups -OCH3 is 1. The van der Waals surface area contributed by atoms with Crippen LogP contribution in [0.15, 0.2) is 24.3 Å². The second kappa shape index (κ2) is 7.19. The van der Waals surface area contributed by atoms with Crippen LogP contribution in [0.25, 0.3) is 0 Å². The van der Waals surface area contributed by atoms with Crippen LogP contribution in [-0.2, 0) is 0 Å². The number of nitrogens with one attached hydrogen (secondary N) is 1. The van der Waals surface area contributed by atoms with Gasteiger partial charge in [0.2, 0.25) is 0 Å². The lowest BCUT2D eigenvalue weighted by Crippen LogP contribution is -2.43. The van der Waals surface area contributed by atoms with Gasteiger partial charge in [-0.3, -0.25) is 0 Å². The van der Waals surface area contributed by atoms with Crippen molar-refractivity contribution in [1.82, 2.24) is 4.90 Å². The molecule has 0 unspecified atom stereocenters. The van der Waals surface area contributed by atoms with Gasteiger partial charge in [-0.2, -0.15) is 13.2 Å². The quantitative estimate of drug-likeness (QED) is 0.900. The van der Waals surface area contributed by atoms with Gasteiger partial charge in [0.1, 0.15) is 12.3 Å². The van der Waals surface area contributed by atoms with Crippen molar-refractivity contribution >= 4 is 11.7 Å². The molecule has 0 aliphatic carbocycles. The van der Waals surface area contributed by atoms with Crippen molar-refractivity contribution in [2.75, 3.05) is 25.5 Å². The van der Waals surface area contributed by atoms with E-state index in [0.29, 0.717) is 11.4 Å². The fourth-order valence-corrected chi connectivity index (χ4v) is 1.75. The fraction of sp³-hybridized carbons (Fsp3) is 0.500. The Hall–Kier alpha value is -1.92. The number of carbonyl (C=O) groups excluding carboxylic acids is 1. The molecule has 21 heavy (non-hydrogen) atoms. The Morgan fingerprint density at radius 3 is 2.29 bits per heavy atom. The molecule has 0 aromatic heterocycles. The molecule has 0 aliphatic rings. The zero-order chi connectivity index (χ0) is 16.0. The Kier molecular flexibility index (Phi) is 5.87. The van der Waals surface area contributed by atoms with Gasteiger partial charge in [-0.05, 0) is 30.2 Å². The Balaban J connectivity index is 2.74. The molecule has 0 heterocycles. The summed E-state index contributed by atoms with van der Waals surface area (Å²) in [6.45, 7) is 2.27. The summed E-state index contributed by atoms with van der Waals surface area (Å²) in [7, 11) is 1.50. The third-order valence-corrected chi connectivity index (χ3v) is 2.58. The van der Waals surface area contributed by atoms with Crippen LogP contribution in [0.1, 0.15) is 13.8 Å². The highest BCUT2D eigenvalue weighted by molar-refractivity contribution is 5.89. The molecule has 4 nitrogen and oxygen atoms in total. The van der Waals surface area contributed by atoms with Gasteiger partial charge in [-0.15, -0.1) is 0 Å². The molecule has 1 N–H and O–H groups in total. The average Bonchev–Trinajstić information content (AvgIpc) is 2.36. The van der Waals surface area contributed by atoms with Gasteiger partial charge in [0.15, 0.2) is 0 Å². The number of carbonyl (C=O) groups is 1. The molecule has 7 heteroatoms. The summed E-state index contributed by atoms with van der Waals surface area (Å²) in [4.78, 5) is 12.7. The van der Waals surface area contributed by atoms with Crippen LogP contribution in [0.5, 0.6) is 5.75 Å². The summed E-state index contributed by atoms with van der Waals surface area (Å²) in [5, 5.41) is 2.45. The molecule has 0 saturated heterocycles. The number of hydrogen-bond acceptors (Lipinski definition) is 2. The predicted molar refractivity (Wildman–Crippen MR) is 74.5 cm³/mol. The van der Waals surface area contributed by atoms with Crippen molar-refractivity contribution in [1.29, 1.82) is 0 Å². The summed E-state index contributed by atoms with van der Waals surface area (Å²) in [5.74, 6) is 0.538. The molecule has 1 aromatic carbocycles. The molecule has 1 aromatic rings. The standard InChI is InChI=1S/C14H19F3N2O2/c1-10(2)8-19(9-14(15,16)17)13(20)18-11-4-6-12(21-3)7-5-11/h4-7,10H,8-9H2,1-3H3,(H,18,20). The molecular formula is C14H19F3N2O2. The third-order valence-electron chi connectivity index (χ3n) is 2.58. The average molecular weight is 304 g/mol. The van der Waals surface area contributed by atoms with Gasteiger partial charge in [0.25, 0.3) is 0 Å². The van der Waals surface area contributed by atoms with Crippen LogP contribution in [0.2, 0.25) is 0 Å². The largest absolute Gasteiger partial charge is 0.497 e. The topological polar surface area (TPSA) is 41.6 Å². The van der Waals surface area contributed by atoms with E-state index in [0.717, 1.165) is 4.90 Å². The van der Waals surface area contributed by atoms with Gasteiger partial charge in [-0.25, -0.2) is 4.79 Å². The van der Waals surface area contributed by atoms with E-state index in [1.807, 2.05) is 0 Å².